The van der Waals surface area contributed by atoms with Gasteiger partial charge < -0.3 is 5.32 Å². The minimum Gasteiger partial charge on any atom is -0.352 e. The Bertz CT molecular complexity index is 619. The smallest absolute Gasteiger partial charge is 0.234 e. The fraction of sp³-hybridized carbons (Fsp3) is 0.571. The van der Waals surface area contributed by atoms with Crippen LogP contribution in [0.3, 0.4) is 0 Å². The molecule has 0 aliphatic heterocycles. The van der Waals surface area contributed by atoms with Crippen molar-refractivity contribution in [2.24, 2.45) is 5.92 Å². The molecule has 3 rings (SSSR count). The van der Waals surface area contributed by atoms with Crippen molar-refractivity contribution >= 4 is 5.91 Å². The van der Waals surface area contributed by atoms with Gasteiger partial charge in [0.15, 0.2) is 0 Å². The van der Waals surface area contributed by atoms with Crippen LogP contribution < -0.4 is 5.32 Å². The van der Waals surface area contributed by atoms with Crippen molar-refractivity contribution in [1.29, 1.82) is 0 Å². The standard InChI is InChI=1S/C21H28N2O/c1-3-14-23(20-13-12-17-9-5-6-10-18(17)20)15-21(24)22-19-11-7-4-8-16(19)2/h1,5-6,9-10,16,19-20H,4,7-8,11-15H2,2H3,(H,22,24)/t16-,19-,20+/m1/s1. The molecule has 2 aliphatic carbocycles. The van der Waals surface area contributed by atoms with E-state index in [-0.39, 0.29) is 11.9 Å². The second kappa shape index (κ2) is 7.85. The number of amides is 1. The van der Waals surface area contributed by atoms with Gasteiger partial charge >= 0.3 is 0 Å². The maximum atomic E-state index is 12.6. The van der Waals surface area contributed by atoms with Crippen molar-refractivity contribution in [2.75, 3.05) is 13.1 Å². The van der Waals surface area contributed by atoms with Gasteiger partial charge in [-0.2, -0.15) is 0 Å². The van der Waals surface area contributed by atoms with Gasteiger partial charge in [0.25, 0.3) is 0 Å². The molecular weight excluding hydrogens is 296 g/mol. The highest BCUT2D eigenvalue weighted by Gasteiger charge is 2.29. The van der Waals surface area contributed by atoms with Crippen LogP contribution >= 0.6 is 0 Å². The molecule has 1 amide bonds. The molecule has 3 nitrogen and oxygen atoms in total. The lowest BCUT2D eigenvalue weighted by atomic mass is 9.86. The van der Waals surface area contributed by atoms with Crippen molar-refractivity contribution in [1.82, 2.24) is 10.2 Å². The van der Waals surface area contributed by atoms with E-state index in [9.17, 15) is 4.79 Å². The zero-order valence-electron chi connectivity index (χ0n) is 14.6. The quantitative estimate of drug-likeness (QED) is 0.843. The molecule has 0 unspecified atom stereocenters. The van der Waals surface area contributed by atoms with Gasteiger partial charge in [-0.05, 0) is 42.7 Å². The Morgan fingerprint density at radius 3 is 2.88 bits per heavy atom. The fourth-order valence-corrected chi connectivity index (χ4v) is 4.28. The zero-order valence-corrected chi connectivity index (χ0v) is 14.6. The lowest BCUT2D eigenvalue weighted by molar-refractivity contribution is -0.124. The van der Waals surface area contributed by atoms with E-state index in [1.807, 2.05) is 0 Å². The van der Waals surface area contributed by atoms with Gasteiger partial charge in [0, 0.05) is 12.1 Å². The SMILES string of the molecule is C#CCN(CC(=O)N[C@@H]1CCCC[C@H]1C)[C@H]1CCc2ccccc21. The lowest BCUT2D eigenvalue weighted by Gasteiger charge is -2.32. The summed E-state index contributed by atoms with van der Waals surface area (Å²) in [6.07, 6.45) is 12.5. The molecule has 3 heteroatoms. The highest BCUT2D eigenvalue weighted by Crippen LogP contribution is 2.35. The molecule has 0 heterocycles. The van der Waals surface area contributed by atoms with Gasteiger partial charge in [0.1, 0.15) is 0 Å². The molecule has 1 aromatic rings. The molecule has 1 fully saturated rings. The van der Waals surface area contributed by atoms with E-state index < -0.39 is 0 Å². The minimum absolute atomic E-state index is 0.119. The Morgan fingerprint density at radius 1 is 1.29 bits per heavy atom. The number of aryl methyl sites for hydroxylation is 1. The molecule has 3 atom stereocenters. The highest BCUT2D eigenvalue weighted by molar-refractivity contribution is 5.78. The zero-order chi connectivity index (χ0) is 16.9. The molecule has 128 valence electrons. The van der Waals surface area contributed by atoms with E-state index in [1.165, 1.54) is 30.4 Å². The Balaban J connectivity index is 1.64. The number of rotatable bonds is 5. The molecule has 2 aliphatic rings. The molecule has 1 saturated carbocycles. The average molecular weight is 324 g/mol. The maximum Gasteiger partial charge on any atom is 0.234 e. The number of benzene rings is 1. The monoisotopic (exact) mass is 324 g/mol. The van der Waals surface area contributed by atoms with E-state index in [0.29, 0.717) is 25.0 Å². The van der Waals surface area contributed by atoms with Crippen LogP contribution in [-0.4, -0.2) is 29.9 Å². The van der Waals surface area contributed by atoms with Crippen LogP contribution in [0.4, 0.5) is 0 Å². The number of carbonyl (C=O) groups excluding carboxylic acids is 1. The summed E-state index contributed by atoms with van der Waals surface area (Å²) >= 11 is 0. The topological polar surface area (TPSA) is 32.3 Å². The summed E-state index contributed by atoms with van der Waals surface area (Å²) in [6, 6.07) is 9.13. The lowest BCUT2D eigenvalue weighted by Crippen LogP contribution is -2.46. The summed E-state index contributed by atoms with van der Waals surface area (Å²) in [5, 5.41) is 3.26. The van der Waals surface area contributed by atoms with Crippen molar-refractivity contribution in [3.05, 3.63) is 35.4 Å². The Kier molecular flexibility index (Phi) is 5.58. The second-order valence-corrected chi connectivity index (χ2v) is 7.30. The van der Waals surface area contributed by atoms with Gasteiger partial charge in [0.2, 0.25) is 5.91 Å². The number of nitrogens with one attached hydrogen (secondary N) is 1. The maximum absolute atomic E-state index is 12.6. The summed E-state index contributed by atoms with van der Waals surface area (Å²) in [5.74, 6) is 3.44. The summed E-state index contributed by atoms with van der Waals surface area (Å²) < 4.78 is 0. The first kappa shape index (κ1) is 17.0. The van der Waals surface area contributed by atoms with E-state index in [4.69, 9.17) is 6.42 Å². The van der Waals surface area contributed by atoms with Crippen molar-refractivity contribution in [3.63, 3.8) is 0 Å². The third-order valence-corrected chi connectivity index (χ3v) is 5.64. The van der Waals surface area contributed by atoms with E-state index >= 15 is 0 Å². The van der Waals surface area contributed by atoms with Crippen LogP contribution in [-0.2, 0) is 11.2 Å². The number of terminal acetylenes is 1. The molecule has 0 spiro atoms. The summed E-state index contributed by atoms with van der Waals surface area (Å²) in [6.45, 7) is 3.16. The number of carbonyl (C=O) groups is 1. The van der Waals surface area contributed by atoms with Crippen LogP contribution in [0.5, 0.6) is 0 Å². The van der Waals surface area contributed by atoms with Crippen molar-refractivity contribution in [2.45, 2.75) is 57.5 Å². The van der Waals surface area contributed by atoms with Crippen molar-refractivity contribution in [3.8, 4) is 12.3 Å². The van der Waals surface area contributed by atoms with Crippen LogP contribution in [0.1, 0.15) is 56.2 Å². The molecule has 0 radical (unpaired) electrons. The van der Waals surface area contributed by atoms with Crippen LogP contribution in [0, 0.1) is 18.3 Å². The number of nitrogens with zero attached hydrogens (tertiary/aromatic N) is 1. The molecular formula is C21H28N2O. The summed E-state index contributed by atoms with van der Waals surface area (Å²) in [4.78, 5) is 14.8. The van der Waals surface area contributed by atoms with Gasteiger partial charge in [-0.25, -0.2) is 0 Å². The molecule has 1 aromatic carbocycles. The van der Waals surface area contributed by atoms with Gasteiger partial charge in [0.05, 0.1) is 13.1 Å². The second-order valence-electron chi connectivity index (χ2n) is 7.30. The third-order valence-electron chi connectivity index (χ3n) is 5.64. The minimum atomic E-state index is 0.119. The Labute approximate surface area is 145 Å². The van der Waals surface area contributed by atoms with Gasteiger partial charge in [-0.1, -0.05) is 50.0 Å². The first-order valence-electron chi connectivity index (χ1n) is 9.23. The first-order valence-corrected chi connectivity index (χ1v) is 9.23. The molecule has 0 aromatic heterocycles. The van der Waals surface area contributed by atoms with Gasteiger partial charge in [-0.3, -0.25) is 9.69 Å². The van der Waals surface area contributed by atoms with E-state index in [2.05, 4.69) is 47.3 Å². The largest absolute Gasteiger partial charge is 0.352 e. The Morgan fingerprint density at radius 2 is 2.08 bits per heavy atom. The van der Waals surface area contributed by atoms with E-state index in [1.54, 1.807) is 0 Å². The highest BCUT2D eigenvalue weighted by atomic mass is 16.2. The fourth-order valence-electron chi connectivity index (χ4n) is 4.28. The Hall–Kier alpha value is -1.79. The molecule has 0 saturated heterocycles. The number of hydrogen-bond donors (Lipinski definition) is 1. The van der Waals surface area contributed by atoms with Crippen molar-refractivity contribution < 1.29 is 4.79 Å². The van der Waals surface area contributed by atoms with Crippen LogP contribution in [0.2, 0.25) is 0 Å². The van der Waals surface area contributed by atoms with Crippen LogP contribution in [0.15, 0.2) is 24.3 Å². The predicted molar refractivity (Wildman–Crippen MR) is 97.5 cm³/mol. The van der Waals surface area contributed by atoms with E-state index in [0.717, 1.165) is 19.3 Å². The summed E-state index contributed by atoms with van der Waals surface area (Å²) in [7, 11) is 0. The molecule has 0 bridgehead atoms. The molecule has 24 heavy (non-hydrogen) atoms. The van der Waals surface area contributed by atoms with Gasteiger partial charge in [-0.15, -0.1) is 6.42 Å². The first-order chi connectivity index (χ1) is 11.7. The average Bonchev–Trinajstić information content (AvgIpc) is 3.00. The number of fused-ring (bicyclic) bond motifs is 1. The number of hydrogen-bond acceptors (Lipinski definition) is 2. The third kappa shape index (κ3) is 3.82. The molecule has 1 N–H and O–H groups in total. The normalized spacial score (nSPS) is 26.0. The van der Waals surface area contributed by atoms with Crippen LogP contribution in [0.25, 0.3) is 0 Å². The summed E-state index contributed by atoms with van der Waals surface area (Å²) in [5.41, 5.74) is 2.73. The predicted octanol–water partition coefficient (Wildman–Crippen LogP) is 3.30.